The van der Waals surface area contributed by atoms with Gasteiger partial charge in [0.1, 0.15) is 0 Å². The molecule has 0 fully saturated rings. The molecule has 0 amide bonds. The first-order valence-corrected chi connectivity index (χ1v) is 8.90. The molecule has 0 atom stereocenters. The second-order valence-corrected chi connectivity index (χ2v) is 7.61. The summed E-state index contributed by atoms with van der Waals surface area (Å²) in [5.74, 6) is 1.15. The van der Waals surface area contributed by atoms with Gasteiger partial charge in [0, 0.05) is 19.1 Å². The van der Waals surface area contributed by atoms with Crippen molar-refractivity contribution in [1.29, 1.82) is 0 Å². The molecule has 1 aromatic carbocycles. The standard InChI is InChI=1S/C15H14SSi/c1-17(14-5-3-2-4-6-14)11-12-9-13-7-8-16-15(13)10-12/h2-7,9-11H,8H2,1H3. The van der Waals surface area contributed by atoms with Crippen LogP contribution in [0.2, 0.25) is 6.55 Å². The normalized spacial score (nSPS) is 18.6. The first-order chi connectivity index (χ1) is 8.33. The van der Waals surface area contributed by atoms with Crippen LogP contribution in [0.15, 0.2) is 64.6 Å². The zero-order valence-electron chi connectivity index (χ0n) is 9.81. The van der Waals surface area contributed by atoms with Crippen molar-refractivity contribution >= 4 is 31.0 Å². The quantitative estimate of drug-likeness (QED) is 0.731. The smallest absolute Gasteiger partial charge is 0.0431 e. The van der Waals surface area contributed by atoms with Gasteiger partial charge in [0.15, 0.2) is 0 Å². The molecule has 1 aliphatic carbocycles. The lowest BCUT2D eigenvalue weighted by atomic mass is 10.3. The molecule has 1 aliphatic heterocycles. The Morgan fingerprint density at radius 3 is 2.76 bits per heavy atom. The van der Waals surface area contributed by atoms with E-state index in [2.05, 4.69) is 60.8 Å². The Hall–Kier alpha value is -1.12. The second-order valence-electron chi connectivity index (χ2n) is 4.32. The number of thioether (sulfide) groups is 1. The van der Waals surface area contributed by atoms with E-state index >= 15 is 0 Å². The molecule has 3 rings (SSSR count). The van der Waals surface area contributed by atoms with Gasteiger partial charge in [-0.05, 0) is 28.5 Å². The molecule has 0 N–H and O–H groups in total. The lowest BCUT2D eigenvalue weighted by Gasteiger charge is -1.99. The fraction of sp³-hybridized carbons (Fsp3) is 0.133. The van der Waals surface area contributed by atoms with Gasteiger partial charge in [0.25, 0.3) is 0 Å². The summed E-state index contributed by atoms with van der Waals surface area (Å²) in [6, 6.07) is 10.8. The van der Waals surface area contributed by atoms with Crippen molar-refractivity contribution in [2.45, 2.75) is 6.55 Å². The number of benzene rings is 1. The third-order valence-corrected chi connectivity index (χ3v) is 6.07. The molecule has 0 saturated heterocycles. The molecule has 0 unspecified atom stereocenters. The van der Waals surface area contributed by atoms with Crippen LogP contribution in [0, 0.1) is 0 Å². The molecule has 2 aliphatic rings. The van der Waals surface area contributed by atoms with Crippen molar-refractivity contribution in [2.24, 2.45) is 0 Å². The van der Waals surface area contributed by atoms with Crippen LogP contribution in [-0.4, -0.2) is 19.8 Å². The van der Waals surface area contributed by atoms with E-state index in [0.717, 1.165) is 5.75 Å². The summed E-state index contributed by atoms with van der Waals surface area (Å²) in [4.78, 5) is 1.46. The number of hydrogen-bond acceptors (Lipinski definition) is 1. The Kier molecular flexibility index (Phi) is 2.99. The Balaban J connectivity index is 1.89. The monoisotopic (exact) mass is 254 g/mol. The largest absolute Gasteiger partial charge is 0.121 e. The average Bonchev–Trinajstić information content (AvgIpc) is 2.90. The van der Waals surface area contributed by atoms with Crippen LogP contribution in [0.1, 0.15) is 0 Å². The first kappa shape index (κ1) is 11.0. The topological polar surface area (TPSA) is 0 Å². The fourth-order valence-electron chi connectivity index (χ4n) is 2.15. The molecule has 1 heterocycles. The van der Waals surface area contributed by atoms with E-state index < -0.39 is 8.41 Å². The molecule has 84 valence electrons. The molecule has 1 aromatic rings. The molecule has 0 saturated carbocycles. The van der Waals surface area contributed by atoms with Gasteiger partial charge >= 0.3 is 0 Å². The van der Waals surface area contributed by atoms with Crippen LogP contribution >= 0.6 is 11.8 Å². The molecule has 0 aromatic heterocycles. The van der Waals surface area contributed by atoms with Crippen LogP contribution < -0.4 is 5.19 Å². The lowest BCUT2D eigenvalue weighted by Crippen LogP contribution is -2.20. The van der Waals surface area contributed by atoms with Crippen molar-refractivity contribution < 1.29 is 0 Å². The first-order valence-electron chi connectivity index (χ1n) is 5.83. The third kappa shape index (κ3) is 2.28. The number of fused-ring (bicyclic) bond motifs is 1. The maximum atomic E-state index is 2.45. The van der Waals surface area contributed by atoms with E-state index in [-0.39, 0.29) is 0 Å². The Bertz CT molecular complexity index is 562. The molecule has 0 bridgehead atoms. The van der Waals surface area contributed by atoms with Crippen molar-refractivity contribution in [3.63, 3.8) is 0 Å². The van der Waals surface area contributed by atoms with Crippen LogP contribution in [0.3, 0.4) is 0 Å². The molecule has 0 nitrogen and oxygen atoms in total. The number of hydrogen-bond donors (Lipinski definition) is 0. The fourth-order valence-corrected chi connectivity index (χ4v) is 4.67. The van der Waals surface area contributed by atoms with Gasteiger partial charge in [0.05, 0.1) is 0 Å². The van der Waals surface area contributed by atoms with E-state index in [1.54, 1.807) is 0 Å². The van der Waals surface area contributed by atoms with Crippen molar-refractivity contribution in [1.82, 2.24) is 0 Å². The molecular formula is C15H14SSi. The summed E-state index contributed by atoms with van der Waals surface area (Å²) in [5, 5.41) is 1.48. The summed E-state index contributed by atoms with van der Waals surface area (Å²) in [7, 11) is -0.555. The zero-order valence-corrected chi connectivity index (χ0v) is 11.6. The minimum atomic E-state index is -0.555. The number of rotatable bonds is 2. The van der Waals surface area contributed by atoms with Crippen LogP contribution in [0.4, 0.5) is 0 Å². The van der Waals surface area contributed by atoms with Crippen LogP contribution in [-0.2, 0) is 0 Å². The Morgan fingerprint density at radius 1 is 1.18 bits per heavy atom. The van der Waals surface area contributed by atoms with Crippen molar-refractivity contribution in [2.75, 3.05) is 5.75 Å². The average molecular weight is 254 g/mol. The van der Waals surface area contributed by atoms with E-state index in [0.29, 0.717) is 0 Å². The predicted molar refractivity (Wildman–Crippen MR) is 80.5 cm³/mol. The maximum Gasteiger partial charge on any atom is 0.0431 e. The second kappa shape index (κ2) is 4.63. The highest BCUT2D eigenvalue weighted by atomic mass is 32.2. The molecular weight excluding hydrogens is 240 g/mol. The van der Waals surface area contributed by atoms with E-state index in [1.807, 2.05) is 11.8 Å². The van der Waals surface area contributed by atoms with Gasteiger partial charge < -0.3 is 0 Å². The molecule has 0 spiro atoms. The third-order valence-electron chi connectivity index (χ3n) is 3.06. The van der Waals surface area contributed by atoms with Gasteiger partial charge in [-0.15, -0.1) is 11.8 Å². The van der Waals surface area contributed by atoms with Crippen LogP contribution in [0.5, 0.6) is 0 Å². The van der Waals surface area contributed by atoms with E-state index in [1.165, 1.54) is 21.2 Å². The number of allylic oxidation sites excluding steroid dienone is 4. The highest BCUT2D eigenvalue weighted by molar-refractivity contribution is 8.03. The van der Waals surface area contributed by atoms with E-state index in [4.69, 9.17) is 0 Å². The SMILES string of the molecule is C[Si](=CC1=CC2=CCSC2=C1)c1ccccc1. The summed E-state index contributed by atoms with van der Waals surface area (Å²) >= 11 is 1.95. The van der Waals surface area contributed by atoms with E-state index in [9.17, 15) is 0 Å². The minimum Gasteiger partial charge on any atom is -0.121 e. The summed E-state index contributed by atoms with van der Waals surface area (Å²) in [5.41, 5.74) is 5.29. The van der Waals surface area contributed by atoms with Crippen molar-refractivity contribution in [3.8, 4) is 0 Å². The maximum absolute atomic E-state index is 2.45. The van der Waals surface area contributed by atoms with Gasteiger partial charge in [-0.2, -0.15) is 0 Å². The molecule has 0 radical (unpaired) electrons. The van der Waals surface area contributed by atoms with Crippen molar-refractivity contribution in [3.05, 3.63) is 64.6 Å². The summed E-state index contributed by atoms with van der Waals surface area (Å²) in [6.45, 7) is 2.36. The molecule has 2 heteroatoms. The highest BCUT2D eigenvalue weighted by Crippen LogP contribution is 2.37. The van der Waals surface area contributed by atoms with Gasteiger partial charge in [-0.25, -0.2) is 0 Å². The van der Waals surface area contributed by atoms with Gasteiger partial charge in [0.2, 0.25) is 0 Å². The highest BCUT2D eigenvalue weighted by Gasteiger charge is 2.15. The van der Waals surface area contributed by atoms with Gasteiger partial charge in [-0.3, -0.25) is 0 Å². The molecule has 17 heavy (non-hydrogen) atoms. The van der Waals surface area contributed by atoms with Gasteiger partial charge in [-0.1, -0.05) is 48.6 Å². The minimum absolute atomic E-state index is 0.555. The zero-order chi connectivity index (χ0) is 11.7. The van der Waals surface area contributed by atoms with Crippen LogP contribution in [0.25, 0.3) is 0 Å². The summed E-state index contributed by atoms with van der Waals surface area (Å²) in [6.07, 6.45) is 6.98. The summed E-state index contributed by atoms with van der Waals surface area (Å²) < 4.78 is 0. The lowest BCUT2D eigenvalue weighted by molar-refractivity contribution is 1.70. The Labute approximate surface area is 108 Å². The Morgan fingerprint density at radius 2 is 2.00 bits per heavy atom. The predicted octanol–water partition coefficient (Wildman–Crippen LogP) is 2.90.